The summed E-state index contributed by atoms with van der Waals surface area (Å²) in [5.74, 6) is 7.15. The van der Waals surface area contributed by atoms with Crippen molar-refractivity contribution in [1.29, 1.82) is 0 Å². The Labute approximate surface area is 294 Å². The summed E-state index contributed by atoms with van der Waals surface area (Å²) in [6, 6.07) is 11.1. The van der Waals surface area contributed by atoms with Gasteiger partial charge < -0.3 is 33.5 Å². The highest BCUT2D eigenvalue weighted by atomic mass is 16.6. The van der Waals surface area contributed by atoms with Gasteiger partial charge in [-0.15, -0.1) is 0 Å². The van der Waals surface area contributed by atoms with Crippen LogP contribution in [0.4, 0.5) is 11.5 Å². The van der Waals surface area contributed by atoms with Gasteiger partial charge in [0.15, 0.2) is 11.4 Å². The van der Waals surface area contributed by atoms with Crippen molar-refractivity contribution in [3.8, 4) is 17.7 Å². The second-order valence-corrected chi connectivity index (χ2v) is 14.3. The van der Waals surface area contributed by atoms with Crippen LogP contribution in [0.25, 0.3) is 22.1 Å². The zero-order chi connectivity index (χ0) is 34.9. The van der Waals surface area contributed by atoms with Crippen molar-refractivity contribution in [2.24, 2.45) is 0 Å². The summed E-state index contributed by atoms with van der Waals surface area (Å²) in [6.07, 6.45) is 5.47. The number of furan rings is 1. The molecule has 7 heterocycles. The van der Waals surface area contributed by atoms with Gasteiger partial charge in [0.25, 0.3) is 0 Å². The van der Waals surface area contributed by atoms with E-state index in [-0.39, 0.29) is 24.9 Å². The van der Waals surface area contributed by atoms with E-state index in [2.05, 4.69) is 28.8 Å². The summed E-state index contributed by atoms with van der Waals surface area (Å²) in [5.41, 5.74) is 3.80. The topological polar surface area (TPSA) is 141 Å². The smallest absolute Gasteiger partial charge is 0.326 e. The number of carboxylic acids is 1. The van der Waals surface area contributed by atoms with Crippen LogP contribution in [-0.4, -0.2) is 92.5 Å². The molecule has 262 valence electrons. The lowest BCUT2D eigenvalue weighted by molar-refractivity contribution is -0.228. The standard InChI is InChI=1S/C38H39N7O6/c1-22(2)34-41-32-28-6-4-5-7-31(28)51-33(32)35(42-34)44-19-27(17-30(44)37(46)47)50-36-29(43-14-15-49-38(23(43)3)20-48-21-38)16-24(18-39-36)8-9-26-12-13-40-45(26)25-10-11-25/h4-7,12-13,16,18,22-23,25,27,30H,10-11,14-15,17,19-21H2,1-3H3,(H,46,47)/t23-,27-,30-/m0/s1. The van der Waals surface area contributed by atoms with E-state index in [9.17, 15) is 9.90 Å². The molecule has 3 aliphatic heterocycles. The monoisotopic (exact) mass is 689 g/mol. The SMILES string of the molecule is CC(C)c1nc(N2C[C@@H](Oc3ncc(C#Cc4ccnn4C4CC4)cc3N3CCOC4(COC4)[C@@H]3C)C[C@H]2C(=O)O)c2oc3ccccc3c2n1. The minimum absolute atomic E-state index is 0.0160. The maximum Gasteiger partial charge on any atom is 0.326 e. The van der Waals surface area contributed by atoms with Crippen LogP contribution in [0.1, 0.15) is 69.1 Å². The minimum Gasteiger partial charge on any atom is -0.480 e. The van der Waals surface area contributed by atoms with Crippen molar-refractivity contribution < 1.29 is 28.5 Å². The molecule has 4 aliphatic rings. The Balaban J connectivity index is 1.07. The van der Waals surface area contributed by atoms with Crippen LogP contribution in [0.3, 0.4) is 0 Å². The quantitative estimate of drug-likeness (QED) is 0.232. The average Bonchev–Trinajstić information content (AvgIpc) is 3.50. The Morgan fingerprint density at radius 3 is 2.73 bits per heavy atom. The normalized spacial score (nSPS) is 22.8. The third kappa shape index (κ3) is 5.53. The molecule has 1 aliphatic carbocycles. The van der Waals surface area contributed by atoms with Crippen LogP contribution in [0, 0.1) is 11.8 Å². The van der Waals surface area contributed by atoms with Gasteiger partial charge in [-0.05, 0) is 50.0 Å². The second kappa shape index (κ2) is 12.2. The van der Waals surface area contributed by atoms with E-state index in [1.54, 1.807) is 17.3 Å². The molecule has 1 N–H and O–H groups in total. The fourth-order valence-corrected chi connectivity index (χ4v) is 7.42. The number of hydrogen-bond donors (Lipinski definition) is 1. The zero-order valence-electron chi connectivity index (χ0n) is 28.8. The number of rotatable bonds is 7. The van der Waals surface area contributed by atoms with Crippen LogP contribution in [-0.2, 0) is 14.3 Å². The maximum absolute atomic E-state index is 12.8. The van der Waals surface area contributed by atoms with Gasteiger partial charge in [0.1, 0.15) is 46.1 Å². The van der Waals surface area contributed by atoms with Crippen molar-refractivity contribution in [1.82, 2.24) is 24.7 Å². The predicted octanol–water partition coefficient (Wildman–Crippen LogP) is 4.93. The molecule has 4 fully saturated rings. The Bertz CT molecular complexity index is 2210. The zero-order valence-corrected chi connectivity index (χ0v) is 28.8. The van der Waals surface area contributed by atoms with Crippen molar-refractivity contribution >= 4 is 39.5 Å². The molecule has 0 bridgehead atoms. The van der Waals surface area contributed by atoms with Gasteiger partial charge in [-0.2, -0.15) is 5.10 Å². The highest BCUT2D eigenvalue weighted by Crippen LogP contribution is 2.41. The molecule has 1 spiro atoms. The number of fused-ring (bicyclic) bond motifs is 3. The summed E-state index contributed by atoms with van der Waals surface area (Å²) < 4.78 is 26.8. The highest BCUT2D eigenvalue weighted by molar-refractivity contribution is 6.06. The van der Waals surface area contributed by atoms with Crippen LogP contribution in [0.5, 0.6) is 5.88 Å². The summed E-state index contributed by atoms with van der Waals surface area (Å²) in [5, 5.41) is 15.8. The number of ether oxygens (including phenoxy) is 3. The number of hydrogen-bond acceptors (Lipinski definition) is 11. The molecule has 0 radical (unpaired) electrons. The average molecular weight is 690 g/mol. The molecule has 3 atom stereocenters. The molecule has 9 rings (SSSR count). The van der Waals surface area contributed by atoms with E-state index in [0.29, 0.717) is 66.6 Å². The molecular weight excluding hydrogens is 650 g/mol. The number of carbonyl (C=O) groups is 1. The predicted molar refractivity (Wildman–Crippen MR) is 188 cm³/mol. The number of nitrogens with zero attached hydrogens (tertiary/aromatic N) is 7. The van der Waals surface area contributed by atoms with Crippen LogP contribution >= 0.6 is 0 Å². The molecule has 0 unspecified atom stereocenters. The molecule has 5 aromatic rings. The molecule has 0 amide bonds. The number of pyridine rings is 1. The molecule has 1 aromatic carbocycles. The first-order valence-electron chi connectivity index (χ1n) is 17.7. The summed E-state index contributed by atoms with van der Waals surface area (Å²) in [4.78, 5) is 31.4. The van der Waals surface area contributed by atoms with Crippen molar-refractivity contribution in [3.63, 3.8) is 0 Å². The Kier molecular flexibility index (Phi) is 7.63. The lowest BCUT2D eigenvalue weighted by Gasteiger charge is -2.53. The maximum atomic E-state index is 12.8. The fourth-order valence-electron chi connectivity index (χ4n) is 7.42. The van der Waals surface area contributed by atoms with Gasteiger partial charge in [0.2, 0.25) is 5.88 Å². The third-order valence-corrected chi connectivity index (χ3v) is 10.5. The van der Waals surface area contributed by atoms with Crippen molar-refractivity contribution in [3.05, 3.63) is 65.9 Å². The van der Waals surface area contributed by atoms with Gasteiger partial charge in [0.05, 0.1) is 44.6 Å². The number of para-hydroxylation sites is 1. The van der Waals surface area contributed by atoms with E-state index in [4.69, 9.17) is 33.6 Å². The van der Waals surface area contributed by atoms with Crippen LogP contribution in [0.15, 0.2) is 53.2 Å². The van der Waals surface area contributed by atoms with Crippen LogP contribution < -0.4 is 14.5 Å². The van der Waals surface area contributed by atoms with E-state index in [1.807, 2.05) is 54.9 Å². The lowest BCUT2D eigenvalue weighted by Crippen LogP contribution is -2.68. The van der Waals surface area contributed by atoms with Crippen molar-refractivity contribution in [2.75, 3.05) is 42.7 Å². The first kappa shape index (κ1) is 31.8. The van der Waals surface area contributed by atoms with Gasteiger partial charge in [-0.25, -0.2) is 19.7 Å². The fraction of sp³-hybridized carbons (Fsp3) is 0.447. The number of morpholine rings is 1. The number of anilines is 2. The Morgan fingerprint density at radius 2 is 1.96 bits per heavy atom. The summed E-state index contributed by atoms with van der Waals surface area (Å²) in [6.45, 7) is 8.64. The van der Waals surface area contributed by atoms with E-state index in [1.165, 1.54) is 0 Å². The molecule has 3 saturated heterocycles. The second-order valence-electron chi connectivity index (χ2n) is 14.3. The Morgan fingerprint density at radius 1 is 1.12 bits per heavy atom. The molecule has 13 heteroatoms. The van der Waals surface area contributed by atoms with E-state index in [0.717, 1.165) is 35.2 Å². The number of benzene rings is 1. The van der Waals surface area contributed by atoms with Crippen molar-refractivity contribution in [2.45, 2.75) is 75.8 Å². The van der Waals surface area contributed by atoms with E-state index < -0.39 is 23.7 Å². The third-order valence-electron chi connectivity index (χ3n) is 10.5. The van der Waals surface area contributed by atoms with Gasteiger partial charge in [-0.1, -0.05) is 31.9 Å². The first-order valence-corrected chi connectivity index (χ1v) is 17.7. The largest absolute Gasteiger partial charge is 0.480 e. The number of aromatic nitrogens is 5. The van der Waals surface area contributed by atoms with Crippen LogP contribution in [0.2, 0.25) is 0 Å². The molecule has 13 nitrogen and oxygen atoms in total. The minimum atomic E-state index is -0.965. The Hall–Kier alpha value is -5.19. The van der Waals surface area contributed by atoms with Gasteiger partial charge >= 0.3 is 5.97 Å². The van der Waals surface area contributed by atoms with Gasteiger partial charge in [0, 0.05) is 36.0 Å². The molecule has 51 heavy (non-hydrogen) atoms. The molecule has 4 aromatic heterocycles. The lowest BCUT2D eigenvalue weighted by atomic mass is 9.90. The van der Waals surface area contributed by atoms with Gasteiger partial charge in [-0.3, -0.25) is 4.68 Å². The summed E-state index contributed by atoms with van der Waals surface area (Å²) >= 11 is 0. The first-order chi connectivity index (χ1) is 24.8. The molecular formula is C38H39N7O6. The number of carboxylic acid groups (broad SMARTS) is 1. The number of aliphatic carboxylic acids is 1. The van der Waals surface area contributed by atoms with E-state index >= 15 is 0 Å². The molecule has 1 saturated carbocycles. The highest BCUT2D eigenvalue weighted by Gasteiger charge is 2.50. The summed E-state index contributed by atoms with van der Waals surface area (Å²) in [7, 11) is 0.